The van der Waals surface area contributed by atoms with Gasteiger partial charge in [0.2, 0.25) is 0 Å². The van der Waals surface area contributed by atoms with Crippen molar-refractivity contribution >= 4 is 5.78 Å². The van der Waals surface area contributed by atoms with E-state index in [0.29, 0.717) is 13.0 Å². The first kappa shape index (κ1) is 23.4. The predicted octanol–water partition coefficient (Wildman–Crippen LogP) is 4.91. The van der Waals surface area contributed by atoms with Crippen LogP contribution in [0.3, 0.4) is 0 Å². The minimum Gasteiger partial charge on any atom is -0.508 e. The fourth-order valence-corrected chi connectivity index (χ4v) is 3.26. The number of hydrogen-bond donors (Lipinski definition) is 2. The molecule has 0 spiro atoms. The van der Waals surface area contributed by atoms with Gasteiger partial charge in [0.15, 0.2) is 0 Å². The molecule has 0 amide bonds. The Kier molecular flexibility index (Phi) is 13.4. The van der Waals surface area contributed by atoms with Gasteiger partial charge in [-0.15, -0.1) is 0 Å². The Morgan fingerprint density at radius 2 is 1.26 bits per heavy atom. The number of carbonyl (C=O) groups is 1. The number of aromatic hydroxyl groups is 1. The maximum Gasteiger partial charge on any atom is 0.339 e. The lowest BCUT2D eigenvalue weighted by Gasteiger charge is -2.03. The molecule has 1 rings (SSSR count). The number of rotatable bonds is 17. The fourth-order valence-electron chi connectivity index (χ4n) is 3.26. The van der Waals surface area contributed by atoms with E-state index >= 15 is 0 Å². The van der Waals surface area contributed by atoms with Crippen molar-refractivity contribution in [2.75, 3.05) is 6.61 Å². The first-order valence-electron chi connectivity index (χ1n) is 10.6. The highest BCUT2D eigenvalue weighted by Gasteiger charge is 2.08. The summed E-state index contributed by atoms with van der Waals surface area (Å²) in [6, 6.07) is 2.32. The molecule has 1 aromatic heterocycles. The van der Waals surface area contributed by atoms with Crippen LogP contribution in [-0.4, -0.2) is 22.6 Å². The van der Waals surface area contributed by atoms with Crippen molar-refractivity contribution in [3.63, 3.8) is 0 Å². The van der Waals surface area contributed by atoms with Crippen LogP contribution in [0, 0.1) is 0 Å². The second kappa shape index (κ2) is 15.4. The van der Waals surface area contributed by atoms with E-state index in [1.807, 2.05) is 0 Å². The summed E-state index contributed by atoms with van der Waals surface area (Å²) in [5.74, 6) is 0.122. The van der Waals surface area contributed by atoms with E-state index in [1.54, 1.807) is 0 Å². The number of aliphatic hydroxyl groups is 1. The molecule has 0 bridgehead atoms. The number of carbonyl (C=O) groups excluding carboxylic acids is 1. The van der Waals surface area contributed by atoms with Gasteiger partial charge in [0, 0.05) is 19.1 Å². The molecular formula is C22H36O5. The van der Waals surface area contributed by atoms with Crippen molar-refractivity contribution in [3.05, 3.63) is 28.3 Å². The average Bonchev–Trinajstić information content (AvgIpc) is 2.61. The molecule has 0 atom stereocenters. The minimum absolute atomic E-state index is 0.0442. The smallest absolute Gasteiger partial charge is 0.339 e. The second-order valence-corrected chi connectivity index (χ2v) is 7.39. The molecule has 0 saturated heterocycles. The van der Waals surface area contributed by atoms with Crippen LogP contribution >= 0.6 is 0 Å². The first-order chi connectivity index (χ1) is 13.1. The molecule has 0 radical (unpaired) electrons. The first-order valence-corrected chi connectivity index (χ1v) is 10.6. The molecule has 1 heterocycles. The van der Waals surface area contributed by atoms with Crippen molar-refractivity contribution in [1.82, 2.24) is 0 Å². The zero-order valence-electron chi connectivity index (χ0n) is 16.6. The van der Waals surface area contributed by atoms with Crippen molar-refractivity contribution in [1.29, 1.82) is 0 Å². The Balaban J connectivity index is 1.89. The Bertz CT molecular complexity index is 564. The van der Waals surface area contributed by atoms with Crippen molar-refractivity contribution in [3.8, 4) is 5.75 Å². The third-order valence-electron chi connectivity index (χ3n) is 4.79. The van der Waals surface area contributed by atoms with E-state index in [9.17, 15) is 14.7 Å². The standard InChI is InChI=1S/C22H36O5/c23-15-13-11-9-7-5-3-1-2-4-6-8-10-12-14-19(24)16-21-17-20(25)18-22(26)27-21/h17-18,23,25H,1-16H2. The molecule has 5 heteroatoms. The van der Waals surface area contributed by atoms with Crippen LogP contribution in [0.15, 0.2) is 21.3 Å². The van der Waals surface area contributed by atoms with Crippen LogP contribution in [0.1, 0.15) is 95.7 Å². The van der Waals surface area contributed by atoms with E-state index in [0.717, 1.165) is 38.2 Å². The second-order valence-electron chi connectivity index (χ2n) is 7.39. The van der Waals surface area contributed by atoms with Gasteiger partial charge in [0.1, 0.15) is 17.3 Å². The molecule has 0 unspecified atom stereocenters. The van der Waals surface area contributed by atoms with Gasteiger partial charge in [-0.2, -0.15) is 0 Å². The number of ketones is 1. The zero-order valence-corrected chi connectivity index (χ0v) is 16.6. The number of Topliss-reactive ketones (excluding diaryl/α,β-unsaturated/α-hetero) is 1. The Morgan fingerprint density at radius 1 is 0.778 bits per heavy atom. The van der Waals surface area contributed by atoms with Gasteiger partial charge in [-0.1, -0.05) is 70.6 Å². The molecule has 154 valence electrons. The molecule has 5 nitrogen and oxygen atoms in total. The number of aliphatic hydroxyl groups excluding tert-OH is 1. The summed E-state index contributed by atoms with van der Waals surface area (Å²) in [6.07, 6.45) is 16.0. The monoisotopic (exact) mass is 380 g/mol. The topological polar surface area (TPSA) is 87.7 Å². The van der Waals surface area contributed by atoms with E-state index in [-0.39, 0.29) is 23.7 Å². The van der Waals surface area contributed by atoms with Crippen LogP contribution in [0.4, 0.5) is 0 Å². The highest BCUT2D eigenvalue weighted by molar-refractivity contribution is 5.80. The minimum atomic E-state index is -0.625. The van der Waals surface area contributed by atoms with E-state index in [4.69, 9.17) is 9.52 Å². The van der Waals surface area contributed by atoms with Crippen LogP contribution < -0.4 is 5.63 Å². The molecule has 0 aromatic carbocycles. The van der Waals surface area contributed by atoms with Crippen molar-refractivity contribution < 1.29 is 19.4 Å². The van der Waals surface area contributed by atoms with Gasteiger partial charge in [0.25, 0.3) is 0 Å². The van der Waals surface area contributed by atoms with Crippen LogP contribution in [0.5, 0.6) is 5.75 Å². The summed E-state index contributed by atoms with van der Waals surface area (Å²) >= 11 is 0. The molecule has 0 aliphatic heterocycles. The summed E-state index contributed by atoms with van der Waals surface area (Å²) in [5.41, 5.74) is -0.625. The Hall–Kier alpha value is -1.62. The molecule has 27 heavy (non-hydrogen) atoms. The lowest BCUT2D eigenvalue weighted by atomic mass is 10.0. The molecule has 0 aliphatic rings. The summed E-state index contributed by atoms with van der Waals surface area (Å²) in [5, 5.41) is 18.0. The summed E-state index contributed by atoms with van der Waals surface area (Å²) < 4.78 is 4.91. The molecule has 0 aliphatic carbocycles. The summed E-state index contributed by atoms with van der Waals surface area (Å²) in [7, 11) is 0. The van der Waals surface area contributed by atoms with Crippen LogP contribution in [0.2, 0.25) is 0 Å². The van der Waals surface area contributed by atoms with Gasteiger partial charge in [-0.25, -0.2) is 4.79 Å². The Labute approximate surface area is 162 Å². The average molecular weight is 381 g/mol. The quantitative estimate of drug-likeness (QED) is 0.375. The largest absolute Gasteiger partial charge is 0.508 e. The highest BCUT2D eigenvalue weighted by Crippen LogP contribution is 2.14. The maximum atomic E-state index is 11.9. The lowest BCUT2D eigenvalue weighted by Crippen LogP contribution is -2.06. The molecular weight excluding hydrogens is 344 g/mol. The molecule has 1 aromatic rings. The summed E-state index contributed by atoms with van der Waals surface area (Å²) in [4.78, 5) is 23.0. The maximum absolute atomic E-state index is 11.9. The van der Waals surface area contributed by atoms with E-state index < -0.39 is 5.63 Å². The van der Waals surface area contributed by atoms with Gasteiger partial charge in [0.05, 0.1) is 12.5 Å². The van der Waals surface area contributed by atoms with Gasteiger partial charge in [-0.05, 0) is 12.8 Å². The Morgan fingerprint density at radius 3 is 1.74 bits per heavy atom. The van der Waals surface area contributed by atoms with E-state index in [2.05, 4.69) is 0 Å². The number of unbranched alkanes of at least 4 members (excludes halogenated alkanes) is 12. The zero-order chi connectivity index (χ0) is 19.7. The van der Waals surface area contributed by atoms with Crippen LogP contribution in [0.25, 0.3) is 0 Å². The predicted molar refractivity (Wildman–Crippen MR) is 107 cm³/mol. The van der Waals surface area contributed by atoms with Gasteiger partial charge >= 0.3 is 5.63 Å². The third kappa shape index (κ3) is 13.2. The molecule has 0 saturated carbocycles. The summed E-state index contributed by atoms with van der Waals surface area (Å²) in [6.45, 7) is 0.323. The highest BCUT2D eigenvalue weighted by atomic mass is 16.4. The SMILES string of the molecule is O=C(CCCCCCCCCCCCCCCO)Cc1cc(O)cc(=O)o1. The van der Waals surface area contributed by atoms with Crippen molar-refractivity contribution in [2.24, 2.45) is 0 Å². The van der Waals surface area contributed by atoms with Crippen LogP contribution in [-0.2, 0) is 11.2 Å². The van der Waals surface area contributed by atoms with Gasteiger partial charge in [-0.3, -0.25) is 4.79 Å². The van der Waals surface area contributed by atoms with Gasteiger partial charge < -0.3 is 14.6 Å². The molecule has 0 fully saturated rings. The van der Waals surface area contributed by atoms with Crippen molar-refractivity contribution in [2.45, 2.75) is 96.3 Å². The van der Waals surface area contributed by atoms with E-state index in [1.165, 1.54) is 57.4 Å². The molecule has 2 N–H and O–H groups in total. The number of hydrogen-bond acceptors (Lipinski definition) is 5. The third-order valence-corrected chi connectivity index (χ3v) is 4.79. The lowest BCUT2D eigenvalue weighted by molar-refractivity contribution is -0.118. The normalized spacial score (nSPS) is 11.0. The fraction of sp³-hybridized carbons (Fsp3) is 0.727.